The van der Waals surface area contributed by atoms with Crippen LogP contribution in [0.25, 0.3) is 0 Å². The van der Waals surface area contributed by atoms with E-state index in [2.05, 4.69) is 33.7 Å². The Balaban J connectivity index is 1.56. The van der Waals surface area contributed by atoms with E-state index < -0.39 is 0 Å². The minimum Gasteiger partial charge on any atom is -0.347 e. The molecule has 2 aliphatic heterocycles. The van der Waals surface area contributed by atoms with Crippen LogP contribution >= 0.6 is 0 Å². The maximum Gasteiger partial charge on any atom is 0.236 e. The number of aromatic nitrogens is 2. The van der Waals surface area contributed by atoms with E-state index in [9.17, 15) is 4.79 Å². The number of carbonyl (C=O) groups excluding carboxylic acids is 1. The molecule has 3 rings (SSSR count). The lowest BCUT2D eigenvalue weighted by atomic mass is 9.99. The molecule has 1 aromatic heterocycles. The molecule has 3 heterocycles. The van der Waals surface area contributed by atoms with Crippen molar-refractivity contribution in [2.24, 2.45) is 5.92 Å². The maximum absolute atomic E-state index is 12.6. The third kappa shape index (κ3) is 3.50. The van der Waals surface area contributed by atoms with Crippen LogP contribution < -0.4 is 0 Å². The Morgan fingerprint density at radius 1 is 1.32 bits per heavy atom. The molecule has 1 amide bonds. The quantitative estimate of drug-likeness (QED) is 0.903. The minimum absolute atomic E-state index is 0.175. The third-order valence-corrected chi connectivity index (χ3v) is 5.07. The number of carbonyl (C=O) groups is 1. The lowest BCUT2D eigenvalue weighted by Gasteiger charge is -2.39. The number of nitrogens with zero attached hydrogens (tertiary/aromatic N) is 4. The van der Waals surface area contributed by atoms with Crippen LogP contribution in [-0.4, -0.2) is 76.9 Å². The van der Waals surface area contributed by atoms with Gasteiger partial charge in [0.25, 0.3) is 0 Å². The van der Waals surface area contributed by atoms with Crippen LogP contribution in [0.3, 0.4) is 0 Å². The second kappa shape index (κ2) is 6.79. The highest BCUT2D eigenvalue weighted by Crippen LogP contribution is 2.22. The number of likely N-dealkylation sites (tertiary alicyclic amines) is 1. The largest absolute Gasteiger partial charge is 0.347 e. The van der Waals surface area contributed by atoms with Gasteiger partial charge in [-0.1, -0.05) is 6.92 Å². The number of likely N-dealkylation sites (N-methyl/N-ethyl adjacent to an activating group) is 1. The number of hydrogen-bond acceptors (Lipinski definition) is 4. The van der Waals surface area contributed by atoms with Gasteiger partial charge in [-0.3, -0.25) is 14.6 Å². The Morgan fingerprint density at radius 2 is 2.09 bits per heavy atom. The Morgan fingerprint density at radius 3 is 2.77 bits per heavy atom. The second-order valence-electron chi connectivity index (χ2n) is 6.77. The van der Waals surface area contributed by atoms with E-state index in [-0.39, 0.29) is 11.9 Å². The summed E-state index contributed by atoms with van der Waals surface area (Å²) in [5.74, 6) is 2.02. The van der Waals surface area contributed by atoms with Crippen LogP contribution in [0.5, 0.6) is 0 Å². The first kappa shape index (κ1) is 15.5. The molecule has 6 heteroatoms. The third-order valence-electron chi connectivity index (χ3n) is 5.07. The Kier molecular flexibility index (Phi) is 4.78. The first-order chi connectivity index (χ1) is 10.6. The van der Waals surface area contributed by atoms with Crippen LogP contribution in [0.1, 0.15) is 31.6 Å². The van der Waals surface area contributed by atoms with E-state index >= 15 is 0 Å². The van der Waals surface area contributed by atoms with Gasteiger partial charge in [0.2, 0.25) is 5.91 Å². The molecule has 0 radical (unpaired) electrons. The predicted molar refractivity (Wildman–Crippen MR) is 85.4 cm³/mol. The zero-order valence-corrected chi connectivity index (χ0v) is 13.7. The summed E-state index contributed by atoms with van der Waals surface area (Å²) in [6, 6.07) is 0.175. The fraction of sp³-hybridized carbons (Fsp3) is 0.750. The monoisotopic (exact) mass is 305 g/mol. The highest BCUT2D eigenvalue weighted by Gasteiger charge is 2.30. The van der Waals surface area contributed by atoms with E-state index in [1.165, 1.54) is 12.8 Å². The molecule has 0 spiro atoms. The van der Waals surface area contributed by atoms with Crippen molar-refractivity contribution in [1.29, 1.82) is 0 Å². The normalized spacial score (nSPS) is 25.5. The number of H-pyrrole nitrogens is 1. The van der Waals surface area contributed by atoms with Crippen LogP contribution in [0.4, 0.5) is 0 Å². The molecule has 2 fully saturated rings. The van der Waals surface area contributed by atoms with E-state index in [0.29, 0.717) is 6.54 Å². The van der Waals surface area contributed by atoms with Gasteiger partial charge in [-0.05, 0) is 38.9 Å². The van der Waals surface area contributed by atoms with Crippen molar-refractivity contribution in [3.05, 3.63) is 18.2 Å². The van der Waals surface area contributed by atoms with Gasteiger partial charge in [-0.15, -0.1) is 0 Å². The number of aromatic amines is 1. The van der Waals surface area contributed by atoms with Crippen molar-refractivity contribution in [3.63, 3.8) is 0 Å². The number of piperidine rings is 1. The number of rotatable bonds is 3. The molecule has 122 valence electrons. The number of hydrogen-bond donors (Lipinski definition) is 1. The fourth-order valence-corrected chi connectivity index (χ4v) is 3.37. The molecule has 1 atom stereocenters. The van der Waals surface area contributed by atoms with E-state index in [4.69, 9.17) is 0 Å². The summed E-state index contributed by atoms with van der Waals surface area (Å²) < 4.78 is 0. The summed E-state index contributed by atoms with van der Waals surface area (Å²) in [6.45, 7) is 7.43. The molecular formula is C16H27N5O. The van der Waals surface area contributed by atoms with Crippen molar-refractivity contribution in [2.75, 3.05) is 46.3 Å². The van der Waals surface area contributed by atoms with Gasteiger partial charge in [0.15, 0.2) is 0 Å². The van der Waals surface area contributed by atoms with Crippen LogP contribution in [-0.2, 0) is 4.79 Å². The summed E-state index contributed by atoms with van der Waals surface area (Å²) in [4.78, 5) is 26.7. The summed E-state index contributed by atoms with van der Waals surface area (Å²) in [5, 5.41) is 0. The number of piperazine rings is 1. The lowest BCUT2D eigenvalue weighted by molar-refractivity contribution is -0.135. The van der Waals surface area contributed by atoms with Gasteiger partial charge in [-0.2, -0.15) is 0 Å². The smallest absolute Gasteiger partial charge is 0.236 e. The van der Waals surface area contributed by atoms with E-state index in [0.717, 1.165) is 44.5 Å². The Hall–Kier alpha value is -1.40. The van der Waals surface area contributed by atoms with Crippen LogP contribution in [0, 0.1) is 5.92 Å². The molecule has 2 aliphatic rings. The van der Waals surface area contributed by atoms with Gasteiger partial charge in [0.05, 0.1) is 12.6 Å². The number of nitrogens with one attached hydrogen (secondary N) is 1. The van der Waals surface area contributed by atoms with Crippen LogP contribution in [0.15, 0.2) is 12.4 Å². The molecule has 2 saturated heterocycles. The van der Waals surface area contributed by atoms with Crippen LogP contribution in [0.2, 0.25) is 0 Å². The van der Waals surface area contributed by atoms with Crippen molar-refractivity contribution in [1.82, 2.24) is 24.7 Å². The Labute approximate surface area is 132 Å². The highest BCUT2D eigenvalue weighted by atomic mass is 16.2. The average molecular weight is 305 g/mol. The Bertz CT molecular complexity index is 481. The van der Waals surface area contributed by atoms with Gasteiger partial charge >= 0.3 is 0 Å². The SMILES string of the molecule is CC1CCN(CC(=O)N2CCN(C)[C@H](c3ncc[nH]3)C2)CC1. The van der Waals surface area contributed by atoms with Gasteiger partial charge in [-0.25, -0.2) is 4.98 Å². The second-order valence-corrected chi connectivity index (χ2v) is 6.77. The molecule has 6 nitrogen and oxygen atoms in total. The summed E-state index contributed by atoms with van der Waals surface area (Å²) >= 11 is 0. The highest BCUT2D eigenvalue weighted by molar-refractivity contribution is 5.78. The summed E-state index contributed by atoms with van der Waals surface area (Å²) in [5.41, 5.74) is 0. The van der Waals surface area contributed by atoms with Crippen molar-refractivity contribution >= 4 is 5.91 Å². The predicted octanol–water partition coefficient (Wildman–Crippen LogP) is 0.957. The molecule has 22 heavy (non-hydrogen) atoms. The van der Waals surface area contributed by atoms with Crippen molar-refractivity contribution < 1.29 is 4.79 Å². The topological polar surface area (TPSA) is 55.5 Å². The fourth-order valence-electron chi connectivity index (χ4n) is 3.37. The molecule has 1 aromatic rings. The van der Waals surface area contributed by atoms with E-state index in [1.54, 1.807) is 6.20 Å². The zero-order chi connectivity index (χ0) is 15.5. The zero-order valence-electron chi connectivity index (χ0n) is 13.7. The molecule has 0 aliphatic carbocycles. The van der Waals surface area contributed by atoms with Gasteiger partial charge in [0, 0.05) is 32.0 Å². The molecule has 1 N–H and O–H groups in total. The molecular weight excluding hydrogens is 278 g/mol. The molecule has 0 aromatic carbocycles. The number of amides is 1. The van der Waals surface area contributed by atoms with E-state index in [1.807, 2.05) is 11.1 Å². The maximum atomic E-state index is 12.6. The molecule has 0 unspecified atom stereocenters. The standard InChI is InChI=1S/C16H27N5O/c1-13-3-7-20(8-4-13)12-15(22)21-10-9-19(2)14(11-21)16-17-5-6-18-16/h5-6,13-14H,3-4,7-12H2,1-2H3,(H,17,18)/t14-/m0/s1. The summed E-state index contributed by atoms with van der Waals surface area (Å²) in [7, 11) is 2.10. The first-order valence-corrected chi connectivity index (χ1v) is 8.33. The van der Waals surface area contributed by atoms with Crippen molar-refractivity contribution in [3.8, 4) is 0 Å². The number of imidazole rings is 1. The molecule has 0 bridgehead atoms. The summed E-state index contributed by atoms with van der Waals surface area (Å²) in [6.07, 6.45) is 6.05. The minimum atomic E-state index is 0.175. The first-order valence-electron chi connectivity index (χ1n) is 8.33. The lowest BCUT2D eigenvalue weighted by Crippen LogP contribution is -2.52. The van der Waals surface area contributed by atoms with Gasteiger partial charge in [0.1, 0.15) is 5.82 Å². The molecule has 0 saturated carbocycles. The van der Waals surface area contributed by atoms with Gasteiger partial charge < -0.3 is 9.88 Å². The van der Waals surface area contributed by atoms with Crippen molar-refractivity contribution in [2.45, 2.75) is 25.8 Å². The average Bonchev–Trinajstić information content (AvgIpc) is 3.04.